The van der Waals surface area contributed by atoms with Crippen LogP contribution in [0.3, 0.4) is 0 Å². The van der Waals surface area contributed by atoms with Gasteiger partial charge < -0.3 is 9.73 Å². The third kappa shape index (κ3) is 2.70. The summed E-state index contributed by atoms with van der Waals surface area (Å²) in [7, 11) is 0. The molecule has 2 aromatic heterocycles. The van der Waals surface area contributed by atoms with Gasteiger partial charge in [0.1, 0.15) is 4.92 Å². The highest BCUT2D eigenvalue weighted by Gasteiger charge is 2.16. The molecule has 0 saturated heterocycles. The Kier molecular flexibility index (Phi) is 3.20. The first-order valence-corrected chi connectivity index (χ1v) is 5.64. The third-order valence-electron chi connectivity index (χ3n) is 2.03. The molecule has 1 amide bonds. The molecule has 1 N–H and O–H groups in total. The van der Waals surface area contributed by atoms with Crippen LogP contribution in [0.1, 0.15) is 16.1 Å². The van der Waals surface area contributed by atoms with Gasteiger partial charge in [-0.1, -0.05) is 0 Å². The second-order valence-corrected chi connectivity index (χ2v) is 3.99. The normalized spacial score (nSPS) is 10.1. The topological polar surface area (TPSA) is 85.4 Å². The molecule has 6 nitrogen and oxygen atoms in total. The Bertz CT molecular complexity index is 532. The Balaban J connectivity index is 1.97. The SMILES string of the molecule is O=C(NCc1ccsc1)c1ccc([N+](=O)[O-])o1. The Labute approximate surface area is 100 Å². The van der Waals surface area contributed by atoms with Crippen molar-refractivity contribution in [3.63, 3.8) is 0 Å². The first kappa shape index (κ1) is 11.3. The number of rotatable bonds is 4. The predicted molar refractivity (Wildman–Crippen MR) is 60.9 cm³/mol. The minimum absolute atomic E-state index is 0.0630. The van der Waals surface area contributed by atoms with Crippen LogP contribution in [-0.4, -0.2) is 10.8 Å². The van der Waals surface area contributed by atoms with E-state index >= 15 is 0 Å². The molecule has 88 valence electrons. The molecule has 0 aliphatic carbocycles. The number of furan rings is 1. The van der Waals surface area contributed by atoms with Gasteiger partial charge in [-0.25, -0.2) is 0 Å². The number of carbonyl (C=O) groups excluding carboxylic acids is 1. The number of nitrogens with zero attached hydrogens (tertiary/aromatic N) is 1. The van der Waals surface area contributed by atoms with Gasteiger partial charge in [-0.05, 0) is 28.5 Å². The van der Waals surface area contributed by atoms with Crippen molar-refractivity contribution >= 4 is 23.1 Å². The fraction of sp³-hybridized carbons (Fsp3) is 0.100. The summed E-state index contributed by atoms with van der Waals surface area (Å²) in [6, 6.07) is 4.32. The lowest BCUT2D eigenvalue weighted by Gasteiger charge is -1.99. The minimum atomic E-state index is -0.685. The zero-order chi connectivity index (χ0) is 12.3. The zero-order valence-corrected chi connectivity index (χ0v) is 9.40. The molecule has 2 aromatic rings. The summed E-state index contributed by atoms with van der Waals surface area (Å²) >= 11 is 1.53. The molecular weight excluding hydrogens is 244 g/mol. The van der Waals surface area contributed by atoms with Crippen LogP contribution in [0.15, 0.2) is 33.4 Å². The average molecular weight is 252 g/mol. The van der Waals surface area contributed by atoms with Crippen molar-refractivity contribution in [1.82, 2.24) is 5.32 Å². The van der Waals surface area contributed by atoms with Crippen molar-refractivity contribution in [3.8, 4) is 0 Å². The summed E-state index contributed by atoms with van der Waals surface area (Å²) in [5.74, 6) is -0.970. The van der Waals surface area contributed by atoms with Crippen molar-refractivity contribution in [2.45, 2.75) is 6.54 Å². The van der Waals surface area contributed by atoms with E-state index in [1.165, 1.54) is 17.4 Å². The molecule has 0 aliphatic heterocycles. The Hall–Kier alpha value is -2.15. The summed E-state index contributed by atoms with van der Waals surface area (Å²) < 4.78 is 4.77. The summed E-state index contributed by atoms with van der Waals surface area (Å²) in [5, 5.41) is 16.8. The molecule has 0 spiro atoms. The number of amides is 1. The Morgan fingerprint density at radius 3 is 2.88 bits per heavy atom. The van der Waals surface area contributed by atoms with Crippen molar-refractivity contribution in [2.24, 2.45) is 0 Å². The van der Waals surface area contributed by atoms with Crippen molar-refractivity contribution in [2.75, 3.05) is 0 Å². The van der Waals surface area contributed by atoms with Gasteiger partial charge in [0.15, 0.2) is 5.76 Å². The molecule has 17 heavy (non-hydrogen) atoms. The van der Waals surface area contributed by atoms with Crippen LogP contribution in [-0.2, 0) is 6.54 Å². The molecule has 7 heteroatoms. The number of hydrogen-bond acceptors (Lipinski definition) is 5. The number of nitro groups is 1. The Morgan fingerprint density at radius 2 is 2.29 bits per heavy atom. The lowest BCUT2D eigenvalue weighted by molar-refractivity contribution is -0.402. The van der Waals surface area contributed by atoms with Gasteiger partial charge in [-0.3, -0.25) is 14.9 Å². The zero-order valence-electron chi connectivity index (χ0n) is 8.58. The molecule has 0 bridgehead atoms. The van der Waals surface area contributed by atoms with E-state index in [2.05, 4.69) is 5.32 Å². The first-order chi connectivity index (χ1) is 8.16. The second-order valence-electron chi connectivity index (χ2n) is 3.21. The molecule has 0 unspecified atom stereocenters. The minimum Gasteiger partial charge on any atom is -0.395 e. The van der Waals surface area contributed by atoms with Gasteiger partial charge >= 0.3 is 5.88 Å². The van der Waals surface area contributed by atoms with E-state index in [9.17, 15) is 14.9 Å². The van der Waals surface area contributed by atoms with Crippen LogP contribution in [0.5, 0.6) is 0 Å². The first-order valence-electron chi connectivity index (χ1n) is 4.70. The highest BCUT2D eigenvalue weighted by Crippen LogP contribution is 2.15. The van der Waals surface area contributed by atoms with E-state index in [-0.39, 0.29) is 5.76 Å². The molecule has 0 fully saturated rings. The smallest absolute Gasteiger partial charge is 0.395 e. The molecule has 0 aromatic carbocycles. The lowest BCUT2D eigenvalue weighted by Crippen LogP contribution is -2.21. The van der Waals surface area contributed by atoms with Gasteiger partial charge in [0, 0.05) is 6.54 Å². The van der Waals surface area contributed by atoms with Crippen LogP contribution >= 0.6 is 11.3 Å². The third-order valence-corrected chi connectivity index (χ3v) is 2.76. The number of thiophene rings is 1. The van der Waals surface area contributed by atoms with E-state index in [0.29, 0.717) is 6.54 Å². The van der Waals surface area contributed by atoms with E-state index in [1.54, 1.807) is 0 Å². The highest BCUT2D eigenvalue weighted by molar-refractivity contribution is 7.07. The van der Waals surface area contributed by atoms with E-state index < -0.39 is 16.7 Å². The molecule has 0 aliphatic rings. The standard InChI is InChI=1S/C10H8N2O4S/c13-10(11-5-7-3-4-17-6-7)8-1-2-9(16-8)12(14)15/h1-4,6H,5H2,(H,11,13). The van der Waals surface area contributed by atoms with Crippen LogP contribution < -0.4 is 5.32 Å². The van der Waals surface area contributed by atoms with Crippen molar-refractivity contribution in [3.05, 3.63) is 50.4 Å². The summed E-state index contributed by atoms with van der Waals surface area (Å²) in [6.45, 7) is 0.372. The van der Waals surface area contributed by atoms with Gasteiger partial charge in [0.2, 0.25) is 0 Å². The highest BCUT2D eigenvalue weighted by atomic mass is 32.1. The summed E-state index contributed by atoms with van der Waals surface area (Å²) in [5.41, 5.74) is 0.976. The second kappa shape index (κ2) is 4.79. The molecule has 0 atom stereocenters. The van der Waals surface area contributed by atoms with E-state index in [4.69, 9.17) is 4.42 Å². The maximum absolute atomic E-state index is 11.6. The average Bonchev–Trinajstić information content (AvgIpc) is 2.96. The maximum atomic E-state index is 11.6. The largest absolute Gasteiger partial charge is 0.433 e. The van der Waals surface area contributed by atoms with Crippen LogP contribution in [0, 0.1) is 10.1 Å². The van der Waals surface area contributed by atoms with Gasteiger partial charge in [0.25, 0.3) is 5.91 Å². The summed E-state index contributed by atoms with van der Waals surface area (Å²) in [6.07, 6.45) is 0. The van der Waals surface area contributed by atoms with Gasteiger partial charge in [-0.2, -0.15) is 11.3 Å². The van der Waals surface area contributed by atoms with Crippen molar-refractivity contribution < 1.29 is 14.1 Å². The fourth-order valence-corrected chi connectivity index (χ4v) is 1.88. The van der Waals surface area contributed by atoms with Gasteiger partial charge in [0.05, 0.1) is 6.07 Å². The maximum Gasteiger partial charge on any atom is 0.433 e. The number of hydrogen-bond donors (Lipinski definition) is 1. The van der Waals surface area contributed by atoms with Crippen molar-refractivity contribution in [1.29, 1.82) is 0 Å². The van der Waals surface area contributed by atoms with Crippen LogP contribution in [0.2, 0.25) is 0 Å². The fourth-order valence-electron chi connectivity index (χ4n) is 1.21. The predicted octanol–water partition coefficient (Wildman–Crippen LogP) is 2.18. The van der Waals surface area contributed by atoms with Gasteiger partial charge in [-0.15, -0.1) is 0 Å². The molecular formula is C10H8N2O4S. The Morgan fingerprint density at radius 1 is 1.47 bits per heavy atom. The van der Waals surface area contributed by atoms with Crippen LogP contribution in [0.25, 0.3) is 0 Å². The van der Waals surface area contributed by atoms with E-state index in [1.807, 2.05) is 16.8 Å². The monoisotopic (exact) mass is 252 g/mol. The molecule has 0 radical (unpaired) electrons. The number of carbonyl (C=O) groups is 1. The lowest BCUT2D eigenvalue weighted by atomic mass is 10.3. The molecule has 2 rings (SSSR count). The van der Waals surface area contributed by atoms with E-state index in [0.717, 1.165) is 11.6 Å². The molecule has 0 saturated carbocycles. The molecule has 2 heterocycles. The quantitative estimate of drug-likeness (QED) is 0.667. The van der Waals surface area contributed by atoms with Crippen LogP contribution in [0.4, 0.5) is 5.88 Å². The number of nitrogens with one attached hydrogen (secondary N) is 1. The summed E-state index contributed by atoms with van der Waals surface area (Å²) in [4.78, 5) is 21.2.